The Kier molecular flexibility index (Phi) is 9.01. The Hall–Kier alpha value is -1.67. The molecule has 0 saturated carbocycles. The molecule has 6 nitrogen and oxygen atoms in total. The molecule has 0 aliphatic heterocycles. The van der Waals surface area contributed by atoms with Gasteiger partial charge in [0.2, 0.25) is 0 Å². The van der Waals surface area contributed by atoms with Gasteiger partial charge in [0.1, 0.15) is 0 Å². The van der Waals surface area contributed by atoms with Crippen molar-refractivity contribution in [2.24, 2.45) is 0 Å². The minimum atomic E-state index is -3.95. The molecule has 0 bridgehead atoms. The highest BCUT2D eigenvalue weighted by Gasteiger charge is 2.33. The first-order valence-corrected chi connectivity index (χ1v) is 10.7. The van der Waals surface area contributed by atoms with Crippen LogP contribution in [-0.2, 0) is 28.9 Å². The number of aryl methyl sites for hydroxylation is 1. The molecular formula is C18H23BrO6S. The highest BCUT2D eigenvalue weighted by molar-refractivity contribution is 9.11. The standard InChI is InChI=1S/C18H23BrO6S/c1-4-6-11-25-16(20)12-15(18(21)24-5-2)17(19)26(22,23)14-9-7-13(3)8-10-14/h7-10,12,17H,4-6,11H2,1-3H3/b15-12-. The highest BCUT2D eigenvalue weighted by atomic mass is 79.9. The average molecular weight is 447 g/mol. The topological polar surface area (TPSA) is 86.7 Å². The Labute approximate surface area is 162 Å². The van der Waals surface area contributed by atoms with E-state index in [0.29, 0.717) is 6.42 Å². The molecule has 144 valence electrons. The minimum Gasteiger partial charge on any atom is -0.463 e. The summed E-state index contributed by atoms with van der Waals surface area (Å²) in [5, 5.41) is 0. The first-order valence-electron chi connectivity index (χ1n) is 8.24. The Balaban J connectivity index is 3.17. The molecule has 0 saturated heterocycles. The third-order valence-corrected chi connectivity index (χ3v) is 7.09. The summed E-state index contributed by atoms with van der Waals surface area (Å²) in [6.45, 7) is 5.60. The van der Waals surface area contributed by atoms with Gasteiger partial charge in [0, 0.05) is 6.08 Å². The van der Waals surface area contributed by atoms with Gasteiger partial charge in [-0.05, 0) is 32.4 Å². The second-order valence-electron chi connectivity index (χ2n) is 5.52. The lowest BCUT2D eigenvalue weighted by Crippen LogP contribution is -2.25. The normalized spacial score (nSPS) is 13.2. The molecule has 0 heterocycles. The van der Waals surface area contributed by atoms with E-state index < -0.39 is 25.9 Å². The molecule has 0 spiro atoms. The van der Waals surface area contributed by atoms with Crippen LogP contribution in [0, 0.1) is 6.92 Å². The van der Waals surface area contributed by atoms with Crippen molar-refractivity contribution in [3.8, 4) is 0 Å². The number of rotatable bonds is 9. The molecule has 26 heavy (non-hydrogen) atoms. The van der Waals surface area contributed by atoms with Crippen molar-refractivity contribution in [3.63, 3.8) is 0 Å². The Morgan fingerprint density at radius 2 is 1.77 bits per heavy atom. The molecule has 1 aromatic carbocycles. The monoisotopic (exact) mass is 446 g/mol. The second kappa shape index (κ2) is 10.5. The van der Waals surface area contributed by atoms with Gasteiger partial charge >= 0.3 is 11.9 Å². The summed E-state index contributed by atoms with van der Waals surface area (Å²) in [5.41, 5.74) is 0.574. The van der Waals surface area contributed by atoms with E-state index in [4.69, 9.17) is 9.47 Å². The molecule has 0 aliphatic rings. The van der Waals surface area contributed by atoms with E-state index in [9.17, 15) is 18.0 Å². The van der Waals surface area contributed by atoms with Crippen molar-refractivity contribution in [1.82, 2.24) is 0 Å². The van der Waals surface area contributed by atoms with Crippen molar-refractivity contribution in [2.45, 2.75) is 42.7 Å². The zero-order valence-electron chi connectivity index (χ0n) is 15.0. The molecule has 0 amide bonds. The van der Waals surface area contributed by atoms with E-state index in [1.54, 1.807) is 19.1 Å². The molecule has 1 aromatic rings. The van der Waals surface area contributed by atoms with Crippen molar-refractivity contribution >= 4 is 37.7 Å². The zero-order chi connectivity index (χ0) is 19.7. The lowest BCUT2D eigenvalue weighted by molar-refractivity contribution is -0.141. The van der Waals surface area contributed by atoms with Crippen molar-refractivity contribution in [2.75, 3.05) is 13.2 Å². The van der Waals surface area contributed by atoms with Crippen LogP contribution >= 0.6 is 15.9 Å². The largest absolute Gasteiger partial charge is 0.463 e. The lowest BCUT2D eigenvalue weighted by Gasteiger charge is -2.15. The Bertz CT molecular complexity index is 752. The van der Waals surface area contributed by atoms with Gasteiger partial charge in [-0.15, -0.1) is 0 Å². The SMILES string of the molecule is CCCCOC(=O)/C=C(\C(=O)OCC)C(Br)S(=O)(=O)c1ccc(C)cc1. The third-order valence-electron chi connectivity index (χ3n) is 3.39. The number of sulfone groups is 1. The molecular weight excluding hydrogens is 424 g/mol. The number of ether oxygens (including phenoxy) is 2. The third kappa shape index (κ3) is 6.25. The number of halogens is 1. The van der Waals surface area contributed by atoms with Crippen molar-refractivity contribution in [3.05, 3.63) is 41.5 Å². The number of hydrogen-bond acceptors (Lipinski definition) is 6. The van der Waals surface area contributed by atoms with Crippen LogP contribution in [0.3, 0.4) is 0 Å². The van der Waals surface area contributed by atoms with E-state index in [2.05, 4.69) is 15.9 Å². The first kappa shape index (κ1) is 22.4. The Morgan fingerprint density at radius 3 is 2.31 bits per heavy atom. The lowest BCUT2D eigenvalue weighted by atomic mass is 10.2. The zero-order valence-corrected chi connectivity index (χ0v) is 17.4. The second-order valence-corrected chi connectivity index (χ2v) is 9.07. The van der Waals surface area contributed by atoms with Gasteiger partial charge < -0.3 is 9.47 Å². The number of esters is 2. The average Bonchev–Trinajstić information content (AvgIpc) is 2.60. The van der Waals surface area contributed by atoms with Crippen LogP contribution in [0.25, 0.3) is 0 Å². The summed E-state index contributed by atoms with van der Waals surface area (Å²) >= 11 is 3.04. The van der Waals surface area contributed by atoms with Gasteiger partial charge in [-0.2, -0.15) is 0 Å². The van der Waals surface area contributed by atoms with Crippen molar-refractivity contribution in [1.29, 1.82) is 0 Å². The van der Waals surface area contributed by atoms with E-state index in [0.717, 1.165) is 18.1 Å². The quantitative estimate of drug-likeness (QED) is 0.250. The van der Waals surface area contributed by atoms with E-state index in [1.807, 2.05) is 13.8 Å². The number of benzene rings is 1. The van der Waals surface area contributed by atoms with Crippen LogP contribution in [0.15, 0.2) is 40.8 Å². The maximum atomic E-state index is 12.8. The molecule has 0 aliphatic carbocycles. The van der Waals surface area contributed by atoms with Gasteiger partial charge in [0.15, 0.2) is 14.0 Å². The summed E-state index contributed by atoms with van der Waals surface area (Å²) < 4.78 is 34.0. The molecule has 8 heteroatoms. The molecule has 1 atom stereocenters. The van der Waals surface area contributed by atoms with Crippen LogP contribution in [0.2, 0.25) is 0 Å². The fourth-order valence-corrected chi connectivity index (χ4v) is 4.15. The summed E-state index contributed by atoms with van der Waals surface area (Å²) in [4.78, 5) is 24.1. The number of hydrogen-bond donors (Lipinski definition) is 0. The molecule has 0 N–H and O–H groups in total. The number of carbonyl (C=O) groups excluding carboxylic acids is 2. The molecule has 0 fully saturated rings. The van der Waals surface area contributed by atoms with Gasteiger partial charge in [-0.1, -0.05) is 47.0 Å². The van der Waals surface area contributed by atoms with Crippen LogP contribution in [0.4, 0.5) is 0 Å². The predicted octanol–water partition coefficient (Wildman–Crippen LogP) is 3.32. The molecule has 0 radical (unpaired) electrons. The van der Waals surface area contributed by atoms with E-state index >= 15 is 0 Å². The summed E-state index contributed by atoms with van der Waals surface area (Å²) in [6, 6.07) is 6.20. The predicted molar refractivity (Wildman–Crippen MR) is 102 cm³/mol. The number of alkyl halides is 1. The van der Waals surface area contributed by atoms with Gasteiger partial charge in [-0.25, -0.2) is 18.0 Å². The molecule has 1 rings (SSSR count). The van der Waals surface area contributed by atoms with Gasteiger partial charge in [0.05, 0.1) is 23.7 Å². The Morgan fingerprint density at radius 1 is 1.15 bits per heavy atom. The van der Waals surface area contributed by atoms with Crippen LogP contribution in [0.5, 0.6) is 0 Å². The minimum absolute atomic E-state index is 0.0273. The number of unbranched alkanes of at least 4 members (excludes halogenated alkanes) is 1. The maximum Gasteiger partial charge on any atom is 0.336 e. The van der Waals surface area contributed by atoms with E-state index in [1.165, 1.54) is 12.1 Å². The smallest absolute Gasteiger partial charge is 0.336 e. The fraction of sp³-hybridized carbons (Fsp3) is 0.444. The van der Waals surface area contributed by atoms with Crippen LogP contribution in [0.1, 0.15) is 32.3 Å². The summed E-state index contributed by atoms with van der Waals surface area (Å²) in [5.74, 6) is -1.68. The molecule has 0 aromatic heterocycles. The van der Waals surface area contributed by atoms with Gasteiger partial charge in [-0.3, -0.25) is 0 Å². The fourth-order valence-electron chi connectivity index (χ4n) is 1.93. The first-order chi connectivity index (χ1) is 12.2. The maximum absolute atomic E-state index is 12.8. The molecule has 1 unspecified atom stereocenters. The van der Waals surface area contributed by atoms with Gasteiger partial charge in [0.25, 0.3) is 0 Å². The van der Waals surface area contributed by atoms with E-state index in [-0.39, 0.29) is 23.7 Å². The summed E-state index contributed by atoms with van der Waals surface area (Å²) in [6.07, 6.45) is 2.39. The summed E-state index contributed by atoms with van der Waals surface area (Å²) in [7, 11) is -3.95. The number of carbonyl (C=O) groups is 2. The highest BCUT2D eigenvalue weighted by Crippen LogP contribution is 2.27. The van der Waals surface area contributed by atoms with Crippen molar-refractivity contribution < 1.29 is 27.5 Å². The van der Waals surface area contributed by atoms with Crippen LogP contribution < -0.4 is 0 Å². The van der Waals surface area contributed by atoms with Crippen LogP contribution in [-0.4, -0.2) is 37.7 Å².